The second-order valence-corrected chi connectivity index (χ2v) is 29.1. The number of rotatable bonds is 73. The molecule has 0 aromatic carbocycles. The molecule has 0 amide bonds. The number of hydrogen-bond donors (Lipinski definition) is 0. The Hall–Kier alpha value is -3.33. The van der Waals surface area contributed by atoms with Crippen LogP contribution < -0.4 is 4.89 Å². The molecule has 0 saturated heterocycles. The molecule has 544 valence electrons. The number of carbonyl (C=O) groups is 2. The first-order valence-corrected chi connectivity index (χ1v) is 41.1. The molecule has 2 atom stereocenters. The highest BCUT2D eigenvalue weighted by Crippen LogP contribution is 2.38. The van der Waals surface area contributed by atoms with Crippen LogP contribution in [0.5, 0.6) is 0 Å². The molecule has 0 aromatic rings. The summed E-state index contributed by atoms with van der Waals surface area (Å²) in [4.78, 5) is 38.2. The molecular formula is C84H150NO8P. The second kappa shape index (κ2) is 73.9. The third kappa shape index (κ3) is 77.7. The minimum Gasteiger partial charge on any atom is -0.756 e. The third-order valence-electron chi connectivity index (χ3n) is 17.3. The number of ether oxygens (including phenoxy) is 2. The van der Waals surface area contributed by atoms with E-state index in [2.05, 4.69) is 123 Å². The zero-order chi connectivity index (χ0) is 68.3. The first-order valence-electron chi connectivity index (χ1n) is 39.6. The second-order valence-electron chi connectivity index (χ2n) is 27.7. The maximum absolute atomic E-state index is 12.9. The summed E-state index contributed by atoms with van der Waals surface area (Å²) in [5, 5.41) is 0. The van der Waals surface area contributed by atoms with Crippen LogP contribution in [0.25, 0.3) is 0 Å². The zero-order valence-electron chi connectivity index (χ0n) is 62.1. The summed E-state index contributed by atoms with van der Waals surface area (Å²) < 4.78 is 34.4. The molecule has 9 nitrogen and oxygen atoms in total. The molecule has 10 heteroatoms. The fourth-order valence-corrected chi connectivity index (χ4v) is 12.1. The van der Waals surface area contributed by atoms with Crippen molar-refractivity contribution in [1.82, 2.24) is 0 Å². The minimum atomic E-state index is -4.65. The van der Waals surface area contributed by atoms with Crippen LogP contribution in [0.4, 0.5) is 0 Å². The van der Waals surface area contributed by atoms with E-state index >= 15 is 0 Å². The first-order chi connectivity index (χ1) is 46.0. The van der Waals surface area contributed by atoms with E-state index in [1.54, 1.807) is 0 Å². The van der Waals surface area contributed by atoms with Crippen molar-refractivity contribution >= 4 is 19.8 Å². The lowest BCUT2D eigenvalue weighted by molar-refractivity contribution is -0.870. The zero-order valence-corrected chi connectivity index (χ0v) is 63.0. The minimum absolute atomic E-state index is 0.0312. The number of esters is 2. The Balaban J connectivity index is 3.92. The number of quaternary nitrogens is 1. The molecule has 0 saturated carbocycles. The van der Waals surface area contributed by atoms with E-state index in [4.69, 9.17) is 18.5 Å². The van der Waals surface area contributed by atoms with Gasteiger partial charge in [-0.2, -0.15) is 0 Å². The van der Waals surface area contributed by atoms with Crippen molar-refractivity contribution in [2.45, 2.75) is 367 Å². The lowest BCUT2D eigenvalue weighted by Gasteiger charge is -2.28. The molecule has 0 aromatic heterocycles. The van der Waals surface area contributed by atoms with Crippen molar-refractivity contribution in [3.63, 3.8) is 0 Å². The molecule has 0 fully saturated rings. The van der Waals surface area contributed by atoms with E-state index in [1.165, 1.54) is 238 Å². The van der Waals surface area contributed by atoms with Crippen LogP contribution in [0.3, 0.4) is 0 Å². The van der Waals surface area contributed by atoms with Crippen molar-refractivity contribution in [2.75, 3.05) is 47.5 Å². The molecule has 2 unspecified atom stereocenters. The van der Waals surface area contributed by atoms with Crippen LogP contribution in [-0.2, 0) is 32.7 Å². The average Bonchev–Trinajstić information content (AvgIpc) is 1.57. The third-order valence-corrected chi connectivity index (χ3v) is 18.3. The fourth-order valence-electron chi connectivity index (χ4n) is 11.3. The van der Waals surface area contributed by atoms with Crippen LogP contribution in [0.1, 0.15) is 361 Å². The summed E-state index contributed by atoms with van der Waals surface area (Å²) in [6.45, 7) is 4.06. The standard InChI is InChI=1S/C84H150NO8P/c1-6-8-10-12-14-16-18-20-22-24-26-28-30-32-34-36-37-38-39-40-41-42-43-44-45-46-47-49-51-53-55-57-59-61-63-65-67-69-71-73-75-77-84(87)93-82(81-92-94(88,89)91-79-78-85(3,4)5)80-90-83(86)76-74-72-70-68-66-64-62-60-58-56-54-52-50-48-35-33-31-29-27-25-23-21-19-17-15-13-11-9-7-2/h8-11,14-17,20-23,26-29,32,34,82H,6-7,12-13,18-19,24-25,30-31,33,35-81H2,1-5H3/b10-8-,11-9-,16-14-,17-15-,22-20-,23-21-,28-26-,29-27-,34-32-. The Bertz CT molecular complexity index is 1960. The van der Waals surface area contributed by atoms with Gasteiger partial charge in [-0.15, -0.1) is 0 Å². The summed E-state index contributed by atoms with van der Waals surface area (Å²) in [7, 11) is 1.18. The van der Waals surface area contributed by atoms with Crippen LogP contribution in [-0.4, -0.2) is 70.0 Å². The summed E-state index contributed by atoms with van der Waals surface area (Å²) in [6.07, 6.45) is 105. The summed E-state index contributed by atoms with van der Waals surface area (Å²) in [5.41, 5.74) is 0. The number of likely N-dealkylation sites (N-methyl/N-ethyl adjacent to an activating group) is 1. The highest BCUT2D eigenvalue weighted by molar-refractivity contribution is 7.45. The highest BCUT2D eigenvalue weighted by atomic mass is 31.2. The van der Waals surface area contributed by atoms with Crippen molar-refractivity contribution < 1.29 is 42.1 Å². The molecule has 0 heterocycles. The van der Waals surface area contributed by atoms with Crippen LogP contribution >= 0.6 is 7.82 Å². The van der Waals surface area contributed by atoms with Gasteiger partial charge < -0.3 is 27.9 Å². The lowest BCUT2D eigenvalue weighted by atomic mass is 10.0. The van der Waals surface area contributed by atoms with E-state index < -0.39 is 26.5 Å². The fraction of sp³-hybridized carbons (Fsp3) is 0.762. The molecule has 0 aliphatic carbocycles. The maximum Gasteiger partial charge on any atom is 0.306 e. The molecule has 0 N–H and O–H groups in total. The normalized spacial score (nSPS) is 13.6. The lowest BCUT2D eigenvalue weighted by Crippen LogP contribution is -2.37. The van der Waals surface area contributed by atoms with Gasteiger partial charge in [-0.1, -0.05) is 361 Å². The first kappa shape index (κ1) is 90.7. The van der Waals surface area contributed by atoms with Crippen molar-refractivity contribution in [2.24, 2.45) is 0 Å². The highest BCUT2D eigenvalue weighted by Gasteiger charge is 2.22. The van der Waals surface area contributed by atoms with Gasteiger partial charge in [0.05, 0.1) is 27.7 Å². The Kier molecular flexibility index (Phi) is 71.3. The van der Waals surface area contributed by atoms with E-state index in [-0.39, 0.29) is 32.0 Å². The summed E-state index contributed by atoms with van der Waals surface area (Å²) in [5.74, 6) is -0.818. The number of hydrogen-bond acceptors (Lipinski definition) is 8. The molecule has 0 bridgehead atoms. The van der Waals surface area contributed by atoms with Crippen molar-refractivity contribution in [3.05, 3.63) is 109 Å². The van der Waals surface area contributed by atoms with Crippen molar-refractivity contribution in [1.29, 1.82) is 0 Å². The number of phosphoric acid groups is 1. The van der Waals surface area contributed by atoms with E-state index in [0.29, 0.717) is 17.4 Å². The van der Waals surface area contributed by atoms with Crippen LogP contribution in [0.15, 0.2) is 109 Å². The van der Waals surface area contributed by atoms with E-state index in [9.17, 15) is 19.0 Å². The van der Waals surface area contributed by atoms with Gasteiger partial charge in [0.1, 0.15) is 19.8 Å². The summed E-state index contributed by atoms with van der Waals surface area (Å²) >= 11 is 0. The van der Waals surface area contributed by atoms with Crippen molar-refractivity contribution in [3.8, 4) is 0 Å². The van der Waals surface area contributed by atoms with Gasteiger partial charge in [0.25, 0.3) is 7.82 Å². The van der Waals surface area contributed by atoms with Gasteiger partial charge in [-0.3, -0.25) is 14.2 Å². The number of nitrogens with zero attached hydrogens (tertiary/aromatic N) is 1. The topological polar surface area (TPSA) is 111 Å². The number of carbonyl (C=O) groups excluding carboxylic acids is 2. The number of unbranched alkanes of at least 4 members (excludes halogenated alkanes) is 41. The Labute approximate surface area is 582 Å². The Morgan fingerprint density at radius 3 is 0.851 bits per heavy atom. The average molecular weight is 1330 g/mol. The number of allylic oxidation sites excluding steroid dienone is 18. The smallest absolute Gasteiger partial charge is 0.306 e. The Morgan fingerprint density at radius 1 is 0.330 bits per heavy atom. The molecule has 0 aliphatic heterocycles. The monoisotopic (exact) mass is 1330 g/mol. The number of phosphoric ester groups is 1. The quantitative estimate of drug-likeness (QED) is 0.0195. The van der Waals surface area contributed by atoms with Gasteiger partial charge in [0.2, 0.25) is 0 Å². The maximum atomic E-state index is 12.9. The largest absolute Gasteiger partial charge is 0.756 e. The molecule has 0 aliphatic rings. The SMILES string of the molecule is CC/C=C\C/C=C\C/C=C\C/C=C\C/C=C\CCCCCCCCCCCCCCCCCCCCCCCCCCCC(=O)OC(COC(=O)CCCCCCCCCCCCCCCCCC/C=C\C/C=C\C/C=C\C/C=C\CC)COP(=O)([O-])OCC[N+](C)(C)C. The van der Waals surface area contributed by atoms with E-state index in [1.807, 2.05) is 21.1 Å². The predicted octanol–water partition coefficient (Wildman–Crippen LogP) is 25.8. The Morgan fingerprint density at radius 2 is 0.574 bits per heavy atom. The van der Waals surface area contributed by atoms with Gasteiger partial charge in [-0.25, -0.2) is 0 Å². The molecule has 0 radical (unpaired) electrons. The van der Waals surface area contributed by atoms with Gasteiger partial charge >= 0.3 is 11.9 Å². The molecular weight excluding hydrogens is 1180 g/mol. The summed E-state index contributed by atoms with van der Waals surface area (Å²) in [6, 6.07) is 0. The van der Waals surface area contributed by atoms with Gasteiger partial charge in [0, 0.05) is 12.8 Å². The molecule has 0 rings (SSSR count). The van der Waals surface area contributed by atoms with Gasteiger partial charge in [-0.05, 0) is 96.3 Å². The van der Waals surface area contributed by atoms with E-state index in [0.717, 1.165) is 89.9 Å². The molecule has 94 heavy (non-hydrogen) atoms. The van der Waals surface area contributed by atoms with Crippen LogP contribution in [0, 0.1) is 0 Å². The van der Waals surface area contributed by atoms with Gasteiger partial charge in [0.15, 0.2) is 6.10 Å². The van der Waals surface area contributed by atoms with Crippen LogP contribution in [0.2, 0.25) is 0 Å². The molecule has 0 spiro atoms. The predicted molar refractivity (Wildman–Crippen MR) is 406 cm³/mol.